The Hall–Kier alpha value is -0.893. The second-order valence-corrected chi connectivity index (χ2v) is 9.40. The maximum atomic E-state index is 10.5. The minimum atomic E-state index is -1.44. The fraction of sp³-hybridized carbons (Fsp3) is 0.417. The first-order valence-electron chi connectivity index (χ1n) is 5.08. The molecule has 0 amide bonds. The lowest BCUT2D eigenvalue weighted by Gasteiger charge is -2.29. The molecule has 0 saturated heterocycles. The van der Waals surface area contributed by atoms with Gasteiger partial charge in [-0.3, -0.25) is 0 Å². The normalized spacial score (nSPS) is 13.6. The van der Waals surface area contributed by atoms with Crippen LogP contribution >= 0.6 is 0 Å². The van der Waals surface area contributed by atoms with Gasteiger partial charge in [0.1, 0.15) is 6.29 Å². The summed E-state index contributed by atoms with van der Waals surface area (Å²) in [6.07, 6.45) is 1.73. The number of hydrogen-bond donors (Lipinski definition) is 0. The molecule has 0 unspecified atom stereocenters. The quantitative estimate of drug-likeness (QED) is 0.546. The lowest BCUT2D eigenvalue weighted by Crippen LogP contribution is -2.45. The molecule has 1 nitrogen and oxygen atoms in total. The van der Waals surface area contributed by atoms with Crippen molar-refractivity contribution in [2.45, 2.75) is 32.0 Å². The minimum Gasteiger partial charge on any atom is -0.303 e. The zero-order valence-electron chi connectivity index (χ0n) is 9.16. The van der Waals surface area contributed by atoms with E-state index in [2.05, 4.69) is 44.3 Å². The molecule has 1 rings (SSSR count). The van der Waals surface area contributed by atoms with Crippen molar-refractivity contribution in [3.63, 3.8) is 0 Å². The third-order valence-electron chi connectivity index (χ3n) is 3.20. The van der Waals surface area contributed by atoms with E-state index in [1.807, 2.05) is 6.07 Å². The number of carbonyl (C=O) groups excluding carboxylic acids is 1. The number of aldehydes is 1. The Morgan fingerprint density at radius 1 is 1.29 bits per heavy atom. The van der Waals surface area contributed by atoms with Crippen molar-refractivity contribution in [3.05, 3.63) is 30.3 Å². The van der Waals surface area contributed by atoms with Gasteiger partial charge >= 0.3 is 0 Å². The monoisotopic (exact) mass is 206 g/mol. The van der Waals surface area contributed by atoms with Crippen LogP contribution in [0.25, 0.3) is 0 Å². The highest BCUT2D eigenvalue weighted by Gasteiger charge is 2.29. The van der Waals surface area contributed by atoms with Gasteiger partial charge in [0, 0.05) is 6.42 Å². The third-order valence-corrected chi connectivity index (χ3v) is 7.72. The Balaban J connectivity index is 2.89. The lowest BCUT2D eigenvalue weighted by molar-refractivity contribution is -0.107. The van der Waals surface area contributed by atoms with Gasteiger partial charge in [-0.2, -0.15) is 0 Å². The Bertz CT molecular complexity index is 292. The molecule has 0 N–H and O–H groups in total. The Kier molecular flexibility index (Phi) is 3.64. The SMILES string of the molecule is C[C@@H](CC=O)[Si](C)(C)c1ccccc1. The van der Waals surface area contributed by atoms with Crippen molar-refractivity contribution < 1.29 is 4.79 Å². The standard InChI is InChI=1S/C12H18OSi/c1-11(9-10-13)14(2,3)12-7-5-4-6-8-12/h4-8,10-11H,9H2,1-3H3/t11-/m0/s1. The van der Waals surface area contributed by atoms with Crippen LogP contribution in [0.3, 0.4) is 0 Å². The summed E-state index contributed by atoms with van der Waals surface area (Å²) < 4.78 is 0. The molecular formula is C12H18OSi. The molecule has 0 spiro atoms. The van der Waals surface area contributed by atoms with Crippen molar-refractivity contribution in [1.82, 2.24) is 0 Å². The molecule has 0 fully saturated rings. The van der Waals surface area contributed by atoms with Gasteiger partial charge in [-0.1, -0.05) is 55.5 Å². The van der Waals surface area contributed by atoms with Crippen molar-refractivity contribution >= 4 is 19.5 Å². The molecule has 0 aliphatic heterocycles. The van der Waals surface area contributed by atoms with Crippen LogP contribution in [0.15, 0.2) is 30.3 Å². The molecule has 0 heterocycles. The fourth-order valence-corrected chi connectivity index (χ4v) is 3.90. The second-order valence-electron chi connectivity index (χ2n) is 4.39. The molecule has 0 aromatic heterocycles. The van der Waals surface area contributed by atoms with Gasteiger partial charge in [-0.05, 0) is 5.54 Å². The molecule has 0 radical (unpaired) electrons. The highest BCUT2D eigenvalue weighted by molar-refractivity contribution is 6.91. The summed E-state index contributed by atoms with van der Waals surface area (Å²) in [4.78, 5) is 10.5. The number of hydrogen-bond acceptors (Lipinski definition) is 1. The maximum Gasteiger partial charge on any atom is 0.119 e. The number of benzene rings is 1. The van der Waals surface area contributed by atoms with E-state index in [1.54, 1.807) is 0 Å². The highest BCUT2D eigenvalue weighted by Crippen LogP contribution is 2.23. The van der Waals surface area contributed by atoms with Gasteiger partial charge < -0.3 is 4.79 Å². The predicted octanol–water partition coefficient (Wildman–Crippen LogP) is 2.58. The summed E-state index contributed by atoms with van der Waals surface area (Å²) in [5.74, 6) is 0. The van der Waals surface area contributed by atoms with Gasteiger partial charge in [0.2, 0.25) is 0 Å². The average molecular weight is 206 g/mol. The largest absolute Gasteiger partial charge is 0.303 e. The van der Waals surface area contributed by atoms with E-state index in [-0.39, 0.29) is 0 Å². The van der Waals surface area contributed by atoms with E-state index in [0.717, 1.165) is 6.29 Å². The van der Waals surface area contributed by atoms with Gasteiger partial charge in [-0.15, -0.1) is 0 Å². The second kappa shape index (κ2) is 4.56. The fourth-order valence-electron chi connectivity index (χ4n) is 1.59. The van der Waals surface area contributed by atoms with Crippen LogP contribution in [-0.2, 0) is 4.79 Å². The third kappa shape index (κ3) is 2.32. The first-order valence-corrected chi connectivity index (χ1v) is 8.16. The first kappa shape index (κ1) is 11.2. The Labute approximate surface area is 87.2 Å². The van der Waals surface area contributed by atoms with Crippen LogP contribution in [-0.4, -0.2) is 14.4 Å². The zero-order valence-corrected chi connectivity index (χ0v) is 10.2. The van der Waals surface area contributed by atoms with Crippen molar-refractivity contribution in [1.29, 1.82) is 0 Å². The van der Waals surface area contributed by atoms with E-state index < -0.39 is 8.07 Å². The molecule has 0 aliphatic carbocycles. The van der Waals surface area contributed by atoms with E-state index in [9.17, 15) is 4.79 Å². The van der Waals surface area contributed by atoms with E-state index >= 15 is 0 Å². The Morgan fingerprint density at radius 3 is 2.36 bits per heavy atom. The summed E-state index contributed by atoms with van der Waals surface area (Å²) in [7, 11) is -1.44. The molecular weight excluding hydrogens is 188 g/mol. The van der Waals surface area contributed by atoms with Crippen LogP contribution in [0.2, 0.25) is 18.6 Å². The number of rotatable bonds is 4. The highest BCUT2D eigenvalue weighted by atomic mass is 28.3. The lowest BCUT2D eigenvalue weighted by atomic mass is 10.3. The Morgan fingerprint density at radius 2 is 1.86 bits per heavy atom. The predicted molar refractivity (Wildman–Crippen MR) is 63.7 cm³/mol. The van der Waals surface area contributed by atoms with Gasteiger partial charge in [0.25, 0.3) is 0 Å². The summed E-state index contributed by atoms with van der Waals surface area (Å²) in [6, 6.07) is 10.6. The average Bonchev–Trinajstić information content (AvgIpc) is 2.19. The van der Waals surface area contributed by atoms with Crippen molar-refractivity contribution in [3.8, 4) is 0 Å². The van der Waals surface area contributed by atoms with Crippen LogP contribution < -0.4 is 5.19 Å². The van der Waals surface area contributed by atoms with Crippen LogP contribution in [0.1, 0.15) is 13.3 Å². The minimum absolute atomic E-state index is 0.516. The summed E-state index contributed by atoms with van der Waals surface area (Å²) in [5.41, 5.74) is 0.516. The molecule has 2 heteroatoms. The van der Waals surface area contributed by atoms with E-state index in [0.29, 0.717) is 12.0 Å². The van der Waals surface area contributed by atoms with Crippen molar-refractivity contribution in [2.75, 3.05) is 0 Å². The van der Waals surface area contributed by atoms with Crippen LogP contribution in [0.5, 0.6) is 0 Å². The maximum absolute atomic E-state index is 10.5. The molecule has 1 aromatic rings. The summed E-state index contributed by atoms with van der Waals surface area (Å²) in [6.45, 7) is 6.85. The summed E-state index contributed by atoms with van der Waals surface area (Å²) in [5, 5.41) is 1.44. The van der Waals surface area contributed by atoms with E-state index in [4.69, 9.17) is 0 Å². The number of carbonyl (C=O) groups is 1. The van der Waals surface area contributed by atoms with Gasteiger partial charge in [-0.25, -0.2) is 0 Å². The molecule has 0 bridgehead atoms. The topological polar surface area (TPSA) is 17.1 Å². The molecule has 0 aliphatic rings. The summed E-state index contributed by atoms with van der Waals surface area (Å²) >= 11 is 0. The zero-order chi connectivity index (χ0) is 10.6. The smallest absolute Gasteiger partial charge is 0.119 e. The van der Waals surface area contributed by atoms with E-state index in [1.165, 1.54) is 5.19 Å². The molecule has 0 saturated carbocycles. The molecule has 76 valence electrons. The van der Waals surface area contributed by atoms with Gasteiger partial charge in [0.15, 0.2) is 0 Å². The van der Waals surface area contributed by atoms with Crippen LogP contribution in [0, 0.1) is 0 Å². The molecule has 1 atom stereocenters. The van der Waals surface area contributed by atoms with Gasteiger partial charge in [0.05, 0.1) is 8.07 Å². The molecule has 1 aromatic carbocycles. The van der Waals surface area contributed by atoms with Crippen LogP contribution in [0.4, 0.5) is 0 Å². The molecule has 14 heavy (non-hydrogen) atoms. The van der Waals surface area contributed by atoms with Crippen molar-refractivity contribution in [2.24, 2.45) is 0 Å². The first-order chi connectivity index (χ1) is 6.59.